The predicted octanol–water partition coefficient (Wildman–Crippen LogP) is 0.907. The van der Waals surface area contributed by atoms with E-state index in [-0.39, 0.29) is 12.5 Å². The van der Waals surface area contributed by atoms with E-state index < -0.39 is 21.5 Å². The van der Waals surface area contributed by atoms with Crippen LogP contribution in [0.1, 0.15) is 30.1 Å². The number of nitrogens with one attached hydrogen (secondary N) is 1. The second-order valence-corrected chi connectivity index (χ2v) is 11.2. The van der Waals surface area contributed by atoms with E-state index in [2.05, 4.69) is 4.98 Å². The fraction of sp³-hybridized carbons (Fsp3) is 0.591. The van der Waals surface area contributed by atoms with Crippen LogP contribution >= 0.6 is 0 Å². The van der Waals surface area contributed by atoms with Crippen molar-refractivity contribution in [2.75, 3.05) is 60.2 Å². The molecule has 4 rings (SSSR count). The monoisotopic (exact) mass is 464 g/mol. The zero-order chi connectivity index (χ0) is 23.3. The van der Waals surface area contributed by atoms with Gasteiger partial charge in [-0.1, -0.05) is 0 Å². The summed E-state index contributed by atoms with van der Waals surface area (Å²) in [6.07, 6.45) is 2.50. The average Bonchev–Trinajstić information content (AvgIpc) is 3.12. The summed E-state index contributed by atoms with van der Waals surface area (Å²) in [4.78, 5) is 19.7. The summed E-state index contributed by atoms with van der Waals surface area (Å²) >= 11 is 0. The number of aromatic nitrogens is 1. The van der Waals surface area contributed by atoms with E-state index in [1.54, 1.807) is 7.11 Å². The molecule has 32 heavy (non-hydrogen) atoms. The highest BCUT2D eigenvalue weighted by Gasteiger charge is 2.50. The molecule has 2 N–H and O–H groups in total. The number of H-pyrrole nitrogens is 1. The van der Waals surface area contributed by atoms with Gasteiger partial charge in [-0.05, 0) is 44.6 Å². The van der Waals surface area contributed by atoms with Gasteiger partial charge in [0, 0.05) is 47.7 Å². The molecule has 0 unspecified atom stereocenters. The number of rotatable bonds is 5. The van der Waals surface area contributed by atoms with Gasteiger partial charge in [-0.2, -0.15) is 4.31 Å². The van der Waals surface area contributed by atoms with Gasteiger partial charge in [-0.3, -0.25) is 4.79 Å². The number of carbonyl (C=O) groups is 1. The van der Waals surface area contributed by atoms with Gasteiger partial charge in [0.05, 0.1) is 32.6 Å². The van der Waals surface area contributed by atoms with Crippen LogP contribution < -0.4 is 4.74 Å². The highest BCUT2D eigenvalue weighted by Crippen LogP contribution is 2.49. The summed E-state index contributed by atoms with van der Waals surface area (Å²) in [5, 5.41) is 11.2. The van der Waals surface area contributed by atoms with Crippen molar-refractivity contribution in [1.29, 1.82) is 0 Å². The van der Waals surface area contributed by atoms with E-state index in [1.807, 2.05) is 42.1 Å². The number of hydrogen-bond donors (Lipinski definition) is 2. The Morgan fingerprint density at radius 3 is 2.56 bits per heavy atom. The molecule has 1 aromatic carbocycles. The lowest BCUT2D eigenvalue weighted by molar-refractivity contribution is -0.133. The lowest BCUT2D eigenvalue weighted by Crippen LogP contribution is -2.56. The zero-order valence-electron chi connectivity index (χ0n) is 19.1. The number of sulfonamides is 1. The van der Waals surface area contributed by atoms with Crippen LogP contribution in [-0.4, -0.2) is 98.8 Å². The van der Waals surface area contributed by atoms with Crippen LogP contribution in [0.15, 0.2) is 18.2 Å². The molecule has 2 aromatic rings. The highest BCUT2D eigenvalue weighted by molar-refractivity contribution is 7.88. The number of fused-ring (bicyclic) bond motifs is 4. The van der Waals surface area contributed by atoms with Crippen molar-refractivity contribution in [3.05, 3.63) is 29.5 Å². The van der Waals surface area contributed by atoms with E-state index in [0.29, 0.717) is 44.8 Å². The second-order valence-electron chi connectivity index (χ2n) is 9.23. The second kappa shape index (κ2) is 8.33. The molecule has 0 aliphatic carbocycles. The van der Waals surface area contributed by atoms with Crippen molar-refractivity contribution in [3.63, 3.8) is 0 Å². The van der Waals surface area contributed by atoms with Crippen molar-refractivity contribution < 1.29 is 23.1 Å². The third kappa shape index (κ3) is 3.89. The number of carbonyl (C=O) groups excluding carboxylic acids is 1. The van der Waals surface area contributed by atoms with Gasteiger partial charge in [-0.25, -0.2) is 8.42 Å². The van der Waals surface area contributed by atoms with E-state index >= 15 is 0 Å². The Balaban J connectivity index is 1.80. The Morgan fingerprint density at radius 2 is 2.00 bits per heavy atom. The number of nitrogens with zero attached hydrogens (tertiary/aromatic N) is 3. The fourth-order valence-corrected chi connectivity index (χ4v) is 6.39. The predicted molar refractivity (Wildman–Crippen MR) is 122 cm³/mol. The van der Waals surface area contributed by atoms with Crippen molar-refractivity contribution in [1.82, 2.24) is 19.1 Å². The fourth-order valence-electron chi connectivity index (χ4n) is 5.27. The topological polar surface area (TPSA) is 106 Å². The number of amides is 1. The maximum Gasteiger partial charge on any atom is 0.236 e. The molecule has 1 spiro atoms. The van der Waals surface area contributed by atoms with Crippen LogP contribution in [-0.2, 0) is 20.2 Å². The van der Waals surface area contributed by atoms with Crippen LogP contribution in [0.5, 0.6) is 5.75 Å². The number of hydrogen-bond acceptors (Lipinski definition) is 6. The molecule has 1 aromatic heterocycles. The molecule has 0 saturated carbocycles. The molecule has 0 bridgehead atoms. The Bertz CT molecular complexity index is 1120. The van der Waals surface area contributed by atoms with Crippen molar-refractivity contribution in [3.8, 4) is 5.75 Å². The van der Waals surface area contributed by atoms with E-state index in [9.17, 15) is 18.3 Å². The first-order valence-corrected chi connectivity index (χ1v) is 12.6. The van der Waals surface area contributed by atoms with Gasteiger partial charge in [0.1, 0.15) is 5.75 Å². The number of likely N-dealkylation sites (tertiary alicyclic amines) is 1. The number of ether oxygens (including phenoxy) is 1. The Hall–Kier alpha value is -2.14. The number of aliphatic hydroxyl groups is 1. The lowest BCUT2D eigenvalue weighted by atomic mass is 9.69. The number of methoxy groups -OCH3 is 1. The van der Waals surface area contributed by atoms with Crippen LogP contribution in [0, 0.1) is 0 Å². The zero-order valence-corrected chi connectivity index (χ0v) is 19.9. The molecule has 1 amide bonds. The number of piperidine rings is 1. The van der Waals surface area contributed by atoms with Gasteiger partial charge in [0.25, 0.3) is 0 Å². The molecular weight excluding hydrogens is 432 g/mol. The summed E-state index contributed by atoms with van der Waals surface area (Å²) in [7, 11) is 1.79. The van der Waals surface area contributed by atoms with Gasteiger partial charge in [0.15, 0.2) is 0 Å². The van der Waals surface area contributed by atoms with Gasteiger partial charge >= 0.3 is 0 Å². The van der Waals surface area contributed by atoms with Crippen molar-refractivity contribution in [2.45, 2.75) is 24.3 Å². The average molecular weight is 465 g/mol. The minimum absolute atomic E-state index is 0.0812. The van der Waals surface area contributed by atoms with E-state index in [1.165, 1.54) is 10.6 Å². The largest absolute Gasteiger partial charge is 0.497 e. The summed E-state index contributed by atoms with van der Waals surface area (Å²) in [6, 6.07) is 5.13. The maximum atomic E-state index is 12.7. The minimum atomic E-state index is -3.56. The normalized spacial score (nSPS) is 21.3. The molecular formula is C22H32N4O5S. The molecule has 0 radical (unpaired) electrons. The van der Waals surface area contributed by atoms with Crippen LogP contribution in [0.4, 0.5) is 0 Å². The Kier molecular flexibility index (Phi) is 6.00. The standard InChI is InChI=1S/C22H32N4O5S/c1-24(2)12-19(28)25-9-7-22(8-10-25)14-26(32(4,29)30)18(13-27)21-20(22)16-6-5-15(31-3)11-17(16)23-21/h5-6,11,18,23,27H,7-10,12-14H2,1-4H3/t18-/m1/s1. The molecule has 9 nitrogen and oxygen atoms in total. The number of likely N-dealkylation sites (N-methyl/N-ethyl adjacent to an activating group) is 1. The summed E-state index contributed by atoms with van der Waals surface area (Å²) in [5.41, 5.74) is 2.22. The third-order valence-corrected chi connectivity index (χ3v) is 8.06. The van der Waals surface area contributed by atoms with Crippen molar-refractivity contribution >= 4 is 26.8 Å². The lowest BCUT2D eigenvalue weighted by Gasteiger charge is -2.49. The number of aromatic amines is 1. The van der Waals surface area contributed by atoms with Crippen LogP contribution in [0.2, 0.25) is 0 Å². The summed E-state index contributed by atoms with van der Waals surface area (Å²) < 4.78 is 32.2. The van der Waals surface area contributed by atoms with Crippen molar-refractivity contribution in [2.24, 2.45) is 0 Å². The summed E-state index contributed by atoms with van der Waals surface area (Å²) in [6.45, 7) is 1.46. The maximum absolute atomic E-state index is 12.7. The molecule has 1 saturated heterocycles. The third-order valence-electron chi connectivity index (χ3n) is 6.83. The highest BCUT2D eigenvalue weighted by atomic mass is 32.2. The summed E-state index contributed by atoms with van der Waals surface area (Å²) in [5.74, 6) is 0.785. The molecule has 1 atom stereocenters. The molecule has 2 aliphatic rings. The molecule has 1 fully saturated rings. The molecule has 2 aliphatic heterocycles. The van der Waals surface area contributed by atoms with Crippen LogP contribution in [0.25, 0.3) is 10.9 Å². The quantitative estimate of drug-likeness (QED) is 0.681. The Morgan fingerprint density at radius 1 is 1.31 bits per heavy atom. The minimum Gasteiger partial charge on any atom is -0.497 e. The van der Waals surface area contributed by atoms with Crippen LogP contribution in [0.3, 0.4) is 0 Å². The smallest absolute Gasteiger partial charge is 0.236 e. The molecule has 176 valence electrons. The SMILES string of the molecule is COc1ccc2c3c([nH]c2c1)[C@@H](CO)N(S(C)(=O)=O)CC31CCN(C(=O)CN(C)C)CC1. The van der Waals surface area contributed by atoms with Gasteiger partial charge < -0.3 is 24.6 Å². The van der Waals surface area contributed by atoms with E-state index in [0.717, 1.165) is 22.2 Å². The first kappa shape index (κ1) is 23.0. The molecule has 3 heterocycles. The number of aliphatic hydroxyl groups excluding tert-OH is 1. The van der Waals surface area contributed by atoms with Gasteiger partial charge in [0.2, 0.25) is 15.9 Å². The Labute approximate surface area is 189 Å². The molecule has 10 heteroatoms. The van der Waals surface area contributed by atoms with E-state index in [4.69, 9.17) is 4.74 Å². The van der Waals surface area contributed by atoms with Gasteiger partial charge in [-0.15, -0.1) is 0 Å². The number of benzene rings is 1. The first-order chi connectivity index (χ1) is 15.1. The first-order valence-electron chi connectivity index (χ1n) is 10.8.